The first-order valence-corrected chi connectivity index (χ1v) is 5.89. The van der Waals surface area contributed by atoms with Crippen molar-refractivity contribution in [2.45, 2.75) is 13.3 Å². The SMILES string of the molecule is Cc1nc(Br)cc(N2CCCOCC2)n1. The van der Waals surface area contributed by atoms with Crippen molar-refractivity contribution in [1.29, 1.82) is 0 Å². The number of nitrogens with zero attached hydrogens (tertiary/aromatic N) is 3. The molecule has 5 heteroatoms. The summed E-state index contributed by atoms with van der Waals surface area (Å²) in [4.78, 5) is 10.9. The molecule has 1 aliphatic rings. The number of aryl methyl sites for hydroxylation is 1. The van der Waals surface area contributed by atoms with Gasteiger partial charge in [-0.05, 0) is 29.3 Å². The molecule has 15 heavy (non-hydrogen) atoms. The molecule has 1 aromatic heterocycles. The third kappa shape index (κ3) is 2.89. The van der Waals surface area contributed by atoms with Crippen LogP contribution in [0.5, 0.6) is 0 Å². The van der Waals surface area contributed by atoms with Gasteiger partial charge in [-0.15, -0.1) is 0 Å². The Morgan fingerprint density at radius 3 is 3.00 bits per heavy atom. The fourth-order valence-corrected chi connectivity index (χ4v) is 2.11. The maximum atomic E-state index is 5.41. The normalized spacial score (nSPS) is 17.6. The largest absolute Gasteiger partial charge is 0.380 e. The quantitative estimate of drug-likeness (QED) is 0.730. The van der Waals surface area contributed by atoms with Crippen LogP contribution in [-0.2, 0) is 4.74 Å². The highest BCUT2D eigenvalue weighted by Crippen LogP contribution is 2.17. The van der Waals surface area contributed by atoms with Crippen molar-refractivity contribution in [3.05, 3.63) is 16.5 Å². The molecule has 0 N–H and O–H groups in total. The maximum Gasteiger partial charge on any atom is 0.133 e. The molecule has 1 aliphatic heterocycles. The average Bonchev–Trinajstić information content (AvgIpc) is 2.43. The van der Waals surface area contributed by atoms with Gasteiger partial charge in [-0.25, -0.2) is 9.97 Å². The zero-order valence-corrected chi connectivity index (χ0v) is 10.3. The Labute approximate surface area is 97.8 Å². The third-order valence-electron chi connectivity index (χ3n) is 2.34. The maximum absolute atomic E-state index is 5.41. The molecule has 0 bridgehead atoms. The van der Waals surface area contributed by atoms with E-state index in [2.05, 4.69) is 30.8 Å². The second kappa shape index (κ2) is 4.90. The molecule has 1 fully saturated rings. The smallest absolute Gasteiger partial charge is 0.133 e. The third-order valence-corrected chi connectivity index (χ3v) is 2.75. The van der Waals surface area contributed by atoms with E-state index in [9.17, 15) is 0 Å². The molecule has 1 aromatic rings. The van der Waals surface area contributed by atoms with Crippen LogP contribution in [0, 0.1) is 6.92 Å². The zero-order valence-electron chi connectivity index (χ0n) is 8.74. The lowest BCUT2D eigenvalue weighted by molar-refractivity contribution is 0.152. The van der Waals surface area contributed by atoms with Crippen molar-refractivity contribution in [3.63, 3.8) is 0 Å². The van der Waals surface area contributed by atoms with Crippen LogP contribution in [0.15, 0.2) is 10.7 Å². The van der Waals surface area contributed by atoms with Crippen molar-refractivity contribution in [1.82, 2.24) is 9.97 Å². The number of anilines is 1. The average molecular weight is 272 g/mol. The molecule has 0 radical (unpaired) electrons. The van der Waals surface area contributed by atoms with Crippen molar-refractivity contribution < 1.29 is 4.74 Å². The van der Waals surface area contributed by atoms with E-state index in [-0.39, 0.29) is 0 Å². The molecule has 0 saturated carbocycles. The molecule has 0 unspecified atom stereocenters. The minimum absolute atomic E-state index is 0.778. The van der Waals surface area contributed by atoms with Gasteiger partial charge >= 0.3 is 0 Å². The lowest BCUT2D eigenvalue weighted by Gasteiger charge is -2.20. The van der Waals surface area contributed by atoms with Crippen LogP contribution in [0.4, 0.5) is 5.82 Å². The lowest BCUT2D eigenvalue weighted by atomic mass is 10.4. The standard InChI is InChI=1S/C10H14BrN3O/c1-8-12-9(11)7-10(13-8)14-3-2-5-15-6-4-14/h7H,2-6H2,1H3. The van der Waals surface area contributed by atoms with E-state index >= 15 is 0 Å². The Hall–Kier alpha value is -0.680. The van der Waals surface area contributed by atoms with Gasteiger partial charge in [0.1, 0.15) is 16.2 Å². The van der Waals surface area contributed by atoms with Crippen LogP contribution in [-0.4, -0.2) is 36.3 Å². The fourth-order valence-electron chi connectivity index (χ4n) is 1.65. The van der Waals surface area contributed by atoms with Gasteiger partial charge in [-0.1, -0.05) is 0 Å². The molecule has 82 valence electrons. The second-order valence-corrected chi connectivity index (χ2v) is 4.36. The summed E-state index contributed by atoms with van der Waals surface area (Å²) in [7, 11) is 0. The van der Waals surface area contributed by atoms with E-state index < -0.39 is 0 Å². The summed E-state index contributed by atoms with van der Waals surface area (Å²) >= 11 is 3.39. The van der Waals surface area contributed by atoms with E-state index in [1.165, 1.54) is 0 Å². The van der Waals surface area contributed by atoms with E-state index in [1.807, 2.05) is 13.0 Å². The van der Waals surface area contributed by atoms with Gasteiger partial charge in [0, 0.05) is 25.8 Å². The molecule has 2 heterocycles. The Kier molecular flexibility index (Phi) is 3.53. The monoisotopic (exact) mass is 271 g/mol. The highest BCUT2D eigenvalue weighted by molar-refractivity contribution is 9.10. The Bertz CT molecular complexity index is 317. The van der Waals surface area contributed by atoms with Crippen LogP contribution in [0.3, 0.4) is 0 Å². The zero-order chi connectivity index (χ0) is 10.7. The summed E-state index contributed by atoms with van der Waals surface area (Å²) in [5, 5.41) is 0. The van der Waals surface area contributed by atoms with Crippen molar-refractivity contribution >= 4 is 21.7 Å². The van der Waals surface area contributed by atoms with Crippen LogP contribution < -0.4 is 4.90 Å². The van der Waals surface area contributed by atoms with Crippen LogP contribution in [0.25, 0.3) is 0 Å². The number of rotatable bonds is 1. The van der Waals surface area contributed by atoms with Crippen LogP contribution in [0.1, 0.15) is 12.2 Å². The number of halogens is 1. The summed E-state index contributed by atoms with van der Waals surface area (Å²) in [6, 6.07) is 1.96. The summed E-state index contributed by atoms with van der Waals surface area (Å²) in [6.45, 7) is 5.44. The van der Waals surface area contributed by atoms with E-state index in [0.717, 1.165) is 49.0 Å². The van der Waals surface area contributed by atoms with Gasteiger partial charge in [-0.2, -0.15) is 0 Å². The molecule has 0 aromatic carbocycles. The number of hydrogen-bond acceptors (Lipinski definition) is 4. The van der Waals surface area contributed by atoms with Gasteiger partial charge in [-0.3, -0.25) is 0 Å². The van der Waals surface area contributed by atoms with Gasteiger partial charge in [0.25, 0.3) is 0 Å². The fraction of sp³-hybridized carbons (Fsp3) is 0.600. The molecule has 0 amide bonds. The predicted octanol–water partition coefficient (Wildman–Crippen LogP) is 1.77. The van der Waals surface area contributed by atoms with Gasteiger partial charge in [0.05, 0.1) is 6.61 Å². The molecular weight excluding hydrogens is 258 g/mol. The molecule has 2 rings (SSSR count). The van der Waals surface area contributed by atoms with E-state index in [4.69, 9.17) is 4.74 Å². The highest BCUT2D eigenvalue weighted by Gasteiger charge is 2.12. The molecule has 0 atom stereocenters. The highest BCUT2D eigenvalue weighted by atomic mass is 79.9. The number of hydrogen-bond donors (Lipinski definition) is 0. The summed E-state index contributed by atoms with van der Waals surface area (Å²) in [5.41, 5.74) is 0. The minimum atomic E-state index is 0.778. The van der Waals surface area contributed by atoms with Gasteiger partial charge in [0.2, 0.25) is 0 Å². The summed E-state index contributed by atoms with van der Waals surface area (Å²) < 4.78 is 6.25. The van der Waals surface area contributed by atoms with Crippen molar-refractivity contribution in [2.75, 3.05) is 31.2 Å². The first kappa shape index (κ1) is 10.8. The van der Waals surface area contributed by atoms with Crippen LogP contribution >= 0.6 is 15.9 Å². The van der Waals surface area contributed by atoms with Crippen molar-refractivity contribution in [3.8, 4) is 0 Å². The first-order chi connectivity index (χ1) is 7.25. The second-order valence-electron chi connectivity index (χ2n) is 3.55. The van der Waals surface area contributed by atoms with Gasteiger partial charge < -0.3 is 9.64 Å². The molecule has 4 nitrogen and oxygen atoms in total. The van der Waals surface area contributed by atoms with Crippen LogP contribution in [0.2, 0.25) is 0 Å². The molecule has 0 aliphatic carbocycles. The lowest BCUT2D eigenvalue weighted by Crippen LogP contribution is -2.27. The molecule has 1 saturated heterocycles. The number of aromatic nitrogens is 2. The van der Waals surface area contributed by atoms with Crippen molar-refractivity contribution in [2.24, 2.45) is 0 Å². The van der Waals surface area contributed by atoms with E-state index in [1.54, 1.807) is 0 Å². The first-order valence-electron chi connectivity index (χ1n) is 5.09. The Morgan fingerprint density at radius 1 is 1.33 bits per heavy atom. The summed E-state index contributed by atoms with van der Waals surface area (Å²) in [5.74, 6) is 1.78. The number of ether oxygens (including phenoxy) is 1. The topological polar surface area (TPSA) is 38.2 Å². The molecular formula is C10H14BrN3O. The van der Waals surface area contributed by atoms with Gasteiger partial charge in [0.15, 0.2) is 0 Å². The summed E-state index contributed by atoms with van der Waals surface area (Å²) in [6.07, 6.45) is 1.06. The Morgan fingerprint density at radius 2 is 2.20 bits per heavy atom. The molecule has 0 spiro atoms. The predicted molar refractivity (Wildman–Crippen MR) is 62.1 cm³/mol. The minimum Gasteiger partial charge on any atom is -0.380 e. The Balaban J connectivity index is 2.19. The van der Waals surface area contributed by atoms with E-state index in [0.29, 0.717) is 0 Å².